The van der Waals surface area contributed by atoms with Gasteiger partial charge in [-0.3, -0.25) is 0 Å². The fraction of sp³-hybridized carbons (Fsp3) is 0.224. The van der Waals surface area contributed by atoms with Gasteiger partial charge >= 0.3 is 0 Å². The molecule has 0 saturated carbocycles. The first-order valence-electron chi connectivity index (χ1n) is 20.3. The highest BCUT2D eigenvalue weighted by Crippen LogP contribution is 2.04. The summed E-state index contributed by atoms with van der Waals surface area (Å²) in [6.45, 7) is 20.0. The monoisotopic (exact) mass is 985 g/mol. The van der Waals surface area contributed by atoms with Gasteiger partial charge in [0.2, 0.25) is 0 Å². The average Bonchev–Trinajstić information content (AvgIpc) is 4.13. The molecule has 0 aliphatic rings. The van der Waals surface area contributed by atoms with Crippen molar-refractivity contribution in [3.63, 3.8) is 0 Å². The summed E-state index contributed by atoms with van der Waals surface area (Å²) in [4.78, 5) is 8.59. The summed E-state index contributed by atoms with van der Waals surface area (Å²) in [5, 5.41) is 20.7. The molecule has 11 aromatic heterocycles. The van der Waals surface area contributed by atoms with Crippen LogP contribution in [0.2, 0.25) is 0 Å². The maximum absolute atomic E-state index is 4.58. The standard InChI is InChI=1S/3C5H7N.2C5H6S.3C4H5NO.3C4H5NS/c1-5-2-3-6-4-5;1-6-4-2-3-5-6;1-5-3-2-4-6-5;1-5-2-3-6-4-5;1-5-3-2-4-6-5;1-4-2-5-6-3-4;1-4-2-3-6-5-4;1-4-2-3-5-6-4;1-4-2-5-6-3-4;1-4-2-3-6-5-4;1-4-2-3-5-6-4/h2-4,6H,1H3;2-5H,1H3;2-4,6H,1H3;2*2-4H,1H3;6*2-3H,1H3. The van der Waals surface area contributed by atoms with Crippen molar-refractivity contribution in [1.82, 2.24) is 43.1 Å². The van der Waals surface area contributed by atoms with E-state index in [1.165, 1.54) is 66.7 Å². The van der Waals surface area contributed by atoms with E-state index in [-0.39, 0.29) is 0 Å². The van der Waals surface area contributed by atoms with Gasteiger partial charge in [-0.25, -0.2) is 8.75 Å². The lowest BCUT2D eigenvalue weighted by atomic mass is 10.4. The molecule has 0 bridgehead atoms. The summed E-state index contributed by atoms with van der Waals surface area (Å²) in [5.41, 5.74) is 8.22. The number of H-pyrrole nitrogens is 2. The molecule has 11 heterocycles. The Morgan fingerprint density at radius 3 is 1.56 bits per heavy atom. The minimum atomic E-state index is 0.856. The zero-order valence-corrected chi connectivity index (χ0v) is 43.6. The molecule has 11 aromatic rings. The van der Waals surface area contributed by atoms with Gasteiger partial charge in [-0.15, -0.1) is 11.3 Å². The van der Waals surface area contributed by atoms with Crippen LogP contribution < -0.4 is 0 Å². The van der Waals surface area contributed by atoms with E-state index in [0.717, 1.165) is 22.7 Å². The van der Waals surface area contributed by atoms with Gasteiger partial charge in [-0.05, 0) is 191 Å². The van der Waals surface area contributed by atoms with E-state index < -0.39 is 0 Å². The first kappa shape index (κ1) is 57.8. The number of hydrogen-bond donors (Lipinski definition) is 2. The average molecular weight is 986 g/mol. The van der Waals surface area contributed by atoms with Crippen molar-refractivity contribution in [3.05, 3.63) is 223 Å². The number of aromatic amines is 2. The van der Waals surface area contributed by atoms with Crippen molar-refractivity contribution in [2.45, 2.75) is 69.2 Å². The number of rotatable bonds is 0. The topological polar surface area (TPSA) is 153 Å². The van der Waals surface area contributed by atoms with Gasteiger partial charge in [-0.1, -0.05) is 21.5 Å². The molecule has 0 aliphatic carbocycles. The molecule has 0 spiro atoms. The van der Waals surface area contributed by atoms with Gasteiger partial charge in [-0.2, -0.15) is 15.7 Å². The van der Waals surface area contributed by atoms with Crippen LogP contribution in [0.4, 0.5) is 0 Å². The third-order valence-corrected chi connectivity index (χ3v) is 10.6. The molecule has 0 atom stereocenters. The molecule has 17 heteroatoms. The SMILES string of the molecule is Cc1cc[nH]c1.Cc1ccc[nH]1.Cc1cccs1.Cc1ccno1.Cc1ccns1.Cc1ccon1.Cc1ccsc1.Cc1ccsn1.Cc1cnoc1.Cc1cnsc1.Cn1cccc1. The third-order valence-electron chi connectivity index (χ3n) is 6.97. The van der Waals surface area contributed by atoms with E-state index in [9.17, 15) is 0 Å². The molecule has 0 radical (unpaired) electrons. The third kappa shape index (κ3) is 37.2. The van der Waals surface area contributed by atoms with Crippen molar-refractivity contribution < 1.29 is 13.6 Å². The first-order chi connectivity index (χ1) is 31.8. The van der Waals surface area contributed by atoms with Gasteiger partial charge in [0.25, 0.3) is 0 Å². The quantitative estimate of drug-likeness (QED) is 0.151. The molecular weight excluding hydrogens is 923 g/mol. The molecule has 66 heavy (non-hydrogen) atoms. The Kier molecular flexibility index (Phi) is 34.3. The van der Waals surface area contributed by atoms with Crippen molar-refractivity contribution in [3.8, 4) is 0 Å². The highest BCUT2D eigenvalue weighted by molar-refractivity contribution is 7.09. The smallest absolute Gasteiger partial charge is 0.133 e. The van der Waals surface area contributed by atoms with Gasteiger partial charge in [0.1, 0.15) is 18.3 Å². The number of hydrogen-bond acceptors (Lipinski definition) is 14. The molecule has 11 rings (SSSR count). The van der Waals surface area contributed by atoms with E-state index in [0.29, 0.717) is 0 Å². The second-order valence-electron chi connectivity index (χ2n) is 13.5. The van der Waals surface area contributed by atoms with E-state index in [1.807, 2.05) is 150 Å². The largest absolute Gasteiger partial charge is 0.367 e. The predicted octanol–water partition coefficient (Wildman–Crippen LogP) is 15.1. The summed E-state index contributed by atoms with van der Waals surface area (Å²) >= 11 is 8.02. The minimum Gasteiger partial charge on any atom is -0.367 e. The Morgan fingerprint density at radius 1 is 0.591 bits per heavy atom. The Bertz CT molecular complexity index is 1830. The van der Waals surface area contributed by atoms with Crippen LogP contribution in [-0.2, 0) is 7.05 Å². The van der Waals surface area contributed by atoms with Crippen LogP contribution in [0.5, 0.6) is 0 Å². The van der Waals surface area contributed by atoms with Crippen LogP contribution in [0.1, 0.15) is 54.9 Å². The Labute approximate surface area is 410 Å². The van der Waals surface area contributed by atoms with E-state index in [2.05, 4.69) is 107 Å². The van der Waals surface area contributed by atoms with E-state index in [1.54, 1.807) is 65.9 Å². The molecule has 0 amide bonds. The predicted molar refractivity (Wildman–Crippen MR) is 279 cm³/mol. The van der Waals surface area contributed by atoms with Crippen LogP contribution >= 0.6 is 57.3 Å². The first-order valence-corrected chi connectivity index (χ1v) is 24.6. The Morgan fingerprint density at radius 2 is 1.39 bits per heavy atom. The van der Waals surface area contributed by atoms with Gasteiger partial charge in [0, 0.05) is 94.3 Å². The zero-order chi connectivity index (χ0) is 48.5. The number of thiophene rings is 2. The molecule has 0 aliphatic heterocycles. The summed E-state index contributed by atoms with van der Waals surface area (Å²) in [6, 6.07) is 23.9. The zero-order valence-electron chi connectivity index (χ0n) is 39.6. The second kappa shape index (κ2) is 39.2. The van der Waals surface area contributed by atoms with Crippen molar-refractivity contribution in [2.75, 3.05) is 0 Å². The molecule has 0 unspecified atom stereocenters. The molecule has 0 fully saturated rings. The van der Waals surface area contributed by atoms with Crippen molar-refractivity contribution in [2.24, 2.45) is 7.05 Å². The number of nitrogens with one attached hydrogen (secondary N) is 2. The molecule has 12 nitrogen and oxygen atoms in total. The van der Waals surface area contributed by atoms with Gasteiger partial charge < -0.3 is 28.1 Å². The highest BCUT2D eigenvalue weighted by Gasteiger charge is 1.81. The van der Waals surface area contributed by atoms with E-state index in [4.69, 9.17) is 0 Å². The summed E-state index contributed by atoms with van der Waals surface area (Å²) < 4.78 is 27.2. The van der Waals surface area contributed by atoms with Crippen LogP contribution in [0.25, 0.3) is 0 Å². The lowest BCUT2D eigenvalue weighted by molar-refractivity contribution is 0.397. The maximum Gasteiger partial charge on any atom is 0.133 e. The summed E-state index contributed by atoms with van der Waals surface area (Å²) in [5.74, 6) is 0.856. The number of nitrogens with zero attached hydrogens (tertiary/aromatic N) is 7. The maximum atomic E-state index is 4.58. The normalized spacial score (nSPS) is 8.83. The van der Waals surface area contributed by atoms with Crippen LogP contribution in [-0.4, -0.2) is 43.1 Å². The summed E-state index contributed by atoms with van der Waals surface area (Å²) in [6.07, 6.45) is 19.9. The lowest BCUT2D eigenvalue weighted by Gasteiger charge is -1.79. The van der Waals surface area contributed by atoms with Gasteiger partial charge in [0.05, 0.1) is 23.8 Å². The second-order valence-corrected chi connectivity index (χ2v) is 17.8. The van der Waals surface area contributed by atoms with Crippen LogP contribution in [0.3, 0.4) is 0 Å². The fourth-order valence-corrected chi connectivity index (χ4v) is 6.23. The molecular formula is C49H63N9O3S5. The Balaban J connectivity index is 0.000000363. The Hall–Kier alpha value is -6.24. The van der Waals surface area contributed by atoms with Crippen molar-refractivity contribution in [1.29, 1.82) is 0 Å². The lowest BCUT2D eigenvalue weighted by Crippen LogP contribution is -1.75. The van der Waals surface area contributed by atoms with E-state index >= 15 is 0 Å². The van der Waals surface area contributed by atoms with Crippen molar-refractivity contribution >= 4 is 57.3 Å². The summed E-state index contributed by atoms with van der Waals surface area (Å²) in [7, 11) is 2.00. The number of aryl methyl sites for hydroxylation is 11. The molecule has 2 N–H and O–H groups in total. The minimum absolute atomic E-state index is 0.856. The fourth-order valence-electron chi connectivity index (χ4n) is 3.56. The molecule has 0 aromatic carbocycles. The number of aromatic nitrogens is 9. The van der Waals surface area contributed by atoms with Gasteiger partial charge in [0.15, 0.2) is 0 Å². The molecule has 0 saturated heterocycles. The highest BCUT2D eigenvalue weighted by atomic mass is 32.1. The van der Waals surface area contributed by atoms with Crippen LogP contribution in [0, 0.1) is 69.2 Å². The molecule has 352 valence electrons. The van der Waals surface area contributed by atoms with Crippen LogP contribution in [0.15, 0.2) is 182 Å².